The number of ether oxygens (including phenoxy) is 1. The lowest BCUT2D eigenvalue weighted by Gasteiger charge is -2.30. The van der Waals surface area contributed by atoms with Crippen molar-refractivity contribution in [3.8, 4) is 5.75 Å². The van der Waals surface area contributed by atoms with Gasteiger partial charge in [0.2, 0.25) is 0 Å². The third kappa shape index (κ3) is 4.18. The Hall–Kier alpha value is -1.94. The molecular formula is C21H25NO2S. The van der Waals surface area contributed by atoms with Crippen LogP contribution in [0, 0.1) is 5.92 Å². The maximum Gasteiger partial charge on any atom is 0.258 e. The van der Waals surface area contributed by atoms with Crippen LogP contribution in [0.3, 0.4) is 0 Å². The van der Waals surface area contributed by atoms with Gasteiger partial charge in [-0.2, -0.15) is 11.8 Å². The molecule has 0 aliphatic heterocycles. The Kier molecular flexibility index (Phi) is 5.69. The number of amides is 1. The van der Waals surface area contributed by atoms with Crippen molar-refractivity contribution in [3.63, 3.8) is 0 Å². The molecule has 1 saturated carbocycles. The van der Waals surface area contributed by atoms with E-state index in [1.807, 2.05) is 41.3 Å². The summed E-state index contributed by atoms with van der Waals surface area (Å²) in [5.41, 5.74) is 2.92. The lowest BCUT2D eigenvalue weighted by molar-refractivity contribution is 0.0975. The van der Waals surface area contributed by atoms with Crippen molar-refractivity contribution in [3.05, 3.63) is 59.7 Å². The molecule has 0 spiro atoms. The third-order valence-electron chi connectivity index (χ3n) is 4.79. The van der Waals surface area contributed by atoms with E-state index in [1.54, 1.807) is 18.9 Å². The van der Waals surface area contributed by atoms with Crippen molar-refractivity contribution in [2.24, 2.45) is 5.92 Å². The number of carbonyl (C=O) groups excluding carboxylic acids is 1. The van der Waals surface area contributed by atoms with Crippen LogP contribution in [0.2, 0.25) is 0 Å². The fourth-order valence-corrected chi connectivity index (χ4v) is 3.64. The van der Waals surface area contributed by atoms with Gasteiger partial charge < -0.3 is 9.64 Å². The first-order valence-electron chi connectivity index (χ1n) is 8.69. The highest BCUT2D eigenvalue weighted by Crippen LogP contribution is 2.38. The second-order valence-electron chi connectivity index (χ2n) is 6.58. The number of thioether (sulfide) groups is 1. The van der Waals surface area contributed by atoms with Crippen LogP contribution in [-0.4, -0.2) is 25.3 Å². The summed E-state index contributed by atoms with van der Waals surface area (Å²) in [5, 5.41) is 0. The Bertz CT molecular complexity index is 708. The summed E-state index contributed by atoms with van der Waals surface area (Å²) in [6.45, 7) is 2.15. The van der Waals surface area contributed by atoms with E-state index in [2.05, 4.69) is 25.3 Å². The SMILES string of the molecule is COc1ccc(N(C(=O)c2ccc(CSC)cc2)C(C)C2CC2)cc1. The summed E-state index contributed by atoms with van der Waals surface area (Å²) in [6.07, 6.45) is 4.49. The molecule has 0 aromatic heterocycles. The first kappa shape index (κ1) is 17.9. The fourth-order valence-electron chi connectivity index (χ4n) is 3.12. The molecule has 4 heteroatoms. The molecule has 1 amide bonds. The van der Waals surface area contributed by atoms with Gasteiger partial charge >= 0.3 is 0 Å². The fraction of sp³-hybridized carbons (Fsp3) is 0.381. The number of hydrogen-bond acceptors (Lipinski definition) is 3. The van der Waals surface area contributed by atoms with Crippen LogP contribution in [0.5, 0.6) is 5.75 Å². The monoisotopic (exact) mass is 355 g/mol. The molecular weight excluding hydrogens is 330 g/mol. The zero-order valence-corrected chi connectivity index (χ0v) is 15.9. The molecule has 132 valence electrons. The molecule has 1 aliphatic rings. The number of nitrogens with zero attached hydrogens (tertiary/aromatic N) is 1. The molecule has 0 bridgehead atoms. The van der Waals surface area contributed by atoms with E-state index in [-0.39, 0.29) is 11.9 Å². The molecule has 0 radical (unpaired) electrons. The molecule has 25 heavy (non-hydrogen) atoms. The minimum Gasteiger partial charge on any atom is -0.497 e. The van der Waals surface area contributed by atoms with Crippen LogP contribution in [-0.2, 0) is 5.75 Å². The van der Waals surface area contributed by atoms with Crippen LogP contribution < -0.4 is 9.64 Å². The Labute approximate surface area is 154 Å². The second kappa shape index (κ2) is 7.96. The quantitative estimate of drug-likeness (QED) is 0.700. The largest absolute Gasteiger partial charge is 0.497 e. The molecule has 0 N–H and O–H groups in total. The van der Waals surface area contributed by atoms with E-state index in [9.17, 15) is 4.79 Å². The Morgan fingerprint density at radius 1 is 1.16 bits per heavy atom. The molecule has 0 saturated heterocycles. The van der Waals surface area contributed by atoms with Crippen molar-refractivity contribution in [1.82, 2.24) is 0 Å². The van der Waals surface area contributed by atoms with Crippen molar-refractivity contribution in [2.75, 3.05) is 18.3 Å². The predicted molar refractivity (Wildman–Crippen MR) is 106 cm³/mol. The molecule has 3 nitrogen and oxygen atoms in total. The predicted octanol–water partition coefficient (Wildman–Crippen LogP) is 5.00. The van der Waals surface area contributed by atoms with Crippen LogP contribution in [0.25, 0.3) is 0 Å². The van der Waals surface area contributed by atoms with Crippen LogP contribution in [0.15, 0.2) is 48.5 Å². The van der Waals surface area contributed by atoms with E-state index in [1.165, 1.54) is 18.4 Å². The van der Waals surface area contributed by atoms with Gasteiger partial charge in [0.25, 0.3) is 5.91 Å². The lowest BCUT2D eigenvalue weighted by atomic mass is 10.1. The molecule has 1 aliphatic carbocycles. The topological polar surface area (TPSA) is 29.5 Å². The van der Waals surface area contributed by atoms with Crippen molar-refractivity contribution in [1.29, 1.82) is 0 Å². The summed E-state index contributed by atoms with van der Waals surface area (Å²) < 4.78 is 5.25. The number of rotatable bonds is 7. The van der Waals surface area contributed by atoms with E-state index in [0.29, 0.717) is 5.92 Å². The third-order valence-corrected chi connectivity index (χ3v) is 5.41. The van der Waals surface area contributed by atoms with E-state index in [4.69, 9.17) is 4.74 Å². The second-order valence-corrected chi connectivity index (χ2v) is 7.45. The highest BCUT2D eigenvalue weighted by atomic mass is 32.2. The van der Waals surface area contributed by atoms with Crippen LogP contribution in [0.1, 0.15) is 35.7 Å². The highest BCUT2D eigenvalue weighted by Gasteiger charge is 2.35. The summed E-state index contributed by atoms with van der Waals surface area (Å²) >= 11 is 1.79. The minimum atomic E-state index is 0.0697. The van der Waals surface area contributed by atoms with E-state index in [0.717, 1.165) is 22.8 Å². The zero-order chi connectivity index (χ0) is 17.8. The van der Waals surface area contributed by atoms with E-state index < -0.39 is 0 Å². The number of carbonyl (C=O) groups is 1. The summed E-state index contributed by atoms with van der Waals surface area (Å²) in [7, 11) is 1.65. The lowest BCUT2D eigenvalue weighted by Crippen LogP contribution is -2.40. The van der Waals surface area contributed by atoms with Crippen LogP contribution >= 0.6 is 11.8 Å². The molecule has 2 aromatic carbocycles. The smallest absolute Gasteiger partial charge is 0.258 e. The van der Waals surface area contributed by atoms with Gasteiger partial charge in [0.15, 0.2) is 0 Å². The molecule has 2 aromatic rings. The van der Waals surface area contributed by atoms with Crippen molar-refractivity contribution >= 4 is 23.4 Å². The Morgan fingerprint density at radius 2 is 1.80 bits per heavy atom. The average Bonchev–Trinajstić information content (AvgIpc) is 3.48. The van der Waals surface area contributed by atoms with E-state index >= 15 is 0 Å². The maximum atomic E-state index is 13.2. The highest BCUT2D eigenvalue weighted by molar-refractivity contribution is 7.97. The van der Waals surface area contributed by atoms with Gasteiger partial charge in [-0.05, 0) is 73.9 Å². The average molecular weight is 356 g/mol. The van der Waals surface area contributed by atoms with Gasteiger partial charge in [0.05, 0.1) is 7.11 Å². The maximum absolute atomic E-state index is 13.2. The van der Waals surface area contributed by atoms with Gasteiger partial charge in [-0.25, -0.2) is 0 Å². The summed E-state index contributed by atoms with van der Waals surface area (Å²) in [5.74, 6) is 2.44. The molecule has 1 fully saturated rings. The minimum absolute atomic E-state index is 0.0697. The number of anilines is 1. The standard InChI is InChI=1S/C21H25NO2S/c1-15(17-8-9-17)22(19-10-12-20(24-2)13-11-19)21(23)18-6-4-16(5-7-18)14-25-3/h4-7,10-13,15,17H,8-9,14H2,1-3H3. The van der Waals surface area contributed by atoms with Crippen molar-refractivity contribution in [2.45, 2.75) is 31.6 Å². The number of methoxy groups -OCH3 is 1. The van der Waals surface area contributed by atoms with Gasteiger partial charge in [-0.1, -0.05) is 12.1 Å². The number of benzene rings is 2. The Balaban J connectivity index is 1.88. The van der Waals surface area contributed by atoms with Gasteiger partial charge in [0, 0.05) is 23.0 Å². The van der Waals surface area contributed by atoms with Crippen molar-refractivity contribution < 1.29 is 9.53 Å². The number of hydrogen-bond donors (Lipinski definition) is 0. The molecule has 1 unspecified atom stereocenters. The first-order chi connectivity index (χ1) is 12.1. The summed E-state index contributed by atoms with van der Waals surface area (Å²) in [6, 6.07) is 16.0. The zero-order valence-electron chi connectivity index (χ0n) is 15.1. The normalized spacial score (nSPS) is 14.8. The Morgan fingerprint density at radius 3 is 2.32 bits per heavy atom. The molecule has 3 rings (SSSR count). The summed E-state index contributed by atoms with van der Waals surface area (Å²) in [4.78, 5) is 15.2. The molecule has 0 heterocycles. The van der Waals surface area contributed by atoms with Gasteiger partial charge in [-0.3, -0.25) is 4.79 Å². The van der Waals surface area contributed by atoms with Gasteiger partial charge in [0.1, 0.15) is 5.75 Å². The first-order valence-corrected chi connectivity index (χ1v) is 10.1. The van der Waals surface area contributed by atoms with Gasteiger partial charge in [-0.15, -0.1) is 0 Å². The molecule has 1 atom stereocenters. The van der Waals surface area contributed by atoms with Crippen LogP contribution in [0.4, 0.5) is 5.69 Å².